The number of carbonyl (C=O) groups is 2. The van der Waals surface area contributed by atoms with Crippen molar-refractivity contribution in [2.75, 3.05) is 43.9 Å². The van der Waals surface area contributed by atoms with Gasteiger partial charge in [0.25, 0.3) is 5.91 Å². The molecular formula is C26H29FN6O4. The molecule has 1 saturated heterocycles. The second-order valence-corrected chi connectivity index (χ2v) is 9.22. The van der Waals surface area contributed by atoms with Crippen LogP contribution in [0.4, 0.5) is 26.2 Å². The number of fused-ring (bicyclic) bond motifs is 1. The summed E-state index contributed by atoms with van der Waals surface area (Å²) in [5, 5.41) is 18.9. The van der Waals surface area contributed by atoms with Crippen molar-refractivity contribution in [1.29, 1.82) is 0 Å². The van der Waals surface area contributed by atoms with Gasteiger partial charge in [-0.05, 0) is 37.0 Å². The maximum atomic E-state index is 14.4. The van der Waals surface area contributed by atoms with Crippen molar-refractivity contribution in [3.63, 3.8) is 0 Å². The van der Waals surface area contributed by atoms with Crippen LogP contribution in [0.2, 0.25) is 0 Å². The van der Waals surface area contributed by atoms with Gasteiger partial charge in [0.05, 0.1) is 41.6 Å². The van der Waals surface area contributed by atoms with E-state index >= 15 is 0 Å². The molecule has 37 heavy (non-hydrogen) atoms. The molecule has 0 spiro atoms. The van der Waals surface area contributed by atoms with Gasteiger partial charge in [-0.15, -0.1) is 0 Å². The molecule has 2 aliphatic heterocycles. The van der Waals surface area contributed by atoms with E-state index in [1.54, 1.807) is 24.5 Å². The third-order valence-electron chi connectivity index (χ3n) is 6.86. The summed E-state index contributed by atoms with van der Waals surface area (Å²) in [7, 11) is 1.39. The second-order valence-electron chi connectivity index (χ2n) is 9.22. The number of hydrogen-bond acceptors (Lipinski definition) is 6. The third kappa shape index (κ3) is 4.89. The van der Waals surface area contributed by atoms with E-state index in [4.69, 9.17) is 4.74 Å². The number of hydrogen-bond donors (Lipinski definition) is 5. The van der Waals surface area contributed by atoms with Gasteiger partial charge >= 0.3 is 6.09 Å². The Hall–Kier alpha value is -4.28. The average molecular weight is 509 g/mol. The Bertz CT molecular complexity index is 1330. The van der Waals surface area contributed by atoms with E-state index in [1.807, 2.05) is 6.07 Å². The van der Waals surface area contributed by atoms with Gasteiger partial charge < -0.3 is 35.7 Å². The molecule has 5 N–H and O–H groups in total. The zero-order chi connectivity index (χ0) is 25.9. The highest BCUT2D eigenvalue weighted by molar-refractivity contribution is 6.07. The molecule has 0 bridgehead atoms. The molecule has 2 aliphatic rings. The number of pyridine rings is 1. The Morgan fingerprint density at radius 2 is 2.19 bits per heavy atom. The molecule has 1 fully saturated rings. The lowest BCUT2D eigenvalue weighted by atomic mass is 9.98. The van der Waals surface area contributed by atoms with Gasteiger partial charge in [0.1, 0.15) is 0 Å². The first-order valence-electron chi connectivity index (χ1n) is 12.2. The fourth-order valence-electron chi connectivity index (χ4n) is 5.07. The Kier molecular flexibility index (Phi) is 6.85. The number of para-hydroxylation sites is 1. The van der Waals surface area contributed by atoms with Crippen molar-refractivity contribution in [2.24, 2.45) is 5.92 Å². The number of aromatic nitrogens is 2. The number of methoxy groups -OCH3 is 1. The van der Waals surface area contributed by atoms with Crippen LogP contribution < -0.4 is 20.7 Å². The standard InChI is InChI=1S/C26H29FN6O4/c1-37-24-17(27)5-2-6-19(24)32-23-21-18(8-10-29-25(21)34)31-22(23)16-7-9-28-13-20(16)30-12-15-4-3-11-33(14-15)26(35)36/h2,5-7,9,13,15,30-32H,3-4,8,10-12,14H2,1H3,(H,29,34)(H,35,36). The molecule has 2 amide bonds. The van der Waals surface area contributed by atoms with Crippen molar-refractivity contribution in [3.8, 4) is 17.0 Å². The van der Waals surface area contributed by atoms with Gasteiger partial charge in [-0.1, -0.05) is 6.07 Å². The van der Waals surface area contributed by atoms with Crippen LogP contribution in [-0.4, -0.2) is 65.3 Å². The van der Waals surface area contributed by atoms with Crippen molar-refractivity contribution in [3.05, 3.63) is 53.7 Å². The Balaban J connectivity index is 1.50. The summed E-state index contributed by atoms with van der Waals surface area (Å²) in [6, 6.07) is 6.42. The van der Waals surface area contributed by atoms with Crippen LogP contribution in [0, 0.1) is 11.7 Å². The normalized spacial score (nSPS) is 17.1. The summed E-state index contributed by atoms with van der Waals surface area (Å²) >= 11 is 0. The number of ether oxygens (including phenoxy) is 1. The highest BCUT2D eigenvalue weighted by Gasteiger charge is 2.29. The van der Waals surface area contributed by atoms with E-state index in [9.17, 15) is 19.1 Å². The highest BCUT2D eigenvalue weighted by Crippen LogP contribution is 2.41. The van der Waals surface area contributed by atoms with Gasteiger partial charge in [-0.25, -0.2) is 9.18 Å². The first-order chi connectivity index (χ1) is 18.0. The molecule has 5 rings (SSSR count). The number of carboxylic acid groups (broad SMARTS) is 1. The number of carbonyl (C=O) groups excluding carboxylic acids is 1. The van der Waals surface area contributed by atoms with Crippen molar-refractivity contribution < 1.29 is 23.8 Å². The van der Waals surface area contributed by atoms with E-state index in [0.29, 0.717) is 55.2 Å². The first-order valence-corrected chi connectivity index (χ1v) is 12.2. The summed E-state index contributed by atoms with van der Waals surface area (Å²) in [6.07, 6.45) is 4.84. The monoisotopic (exact) mass is 508 g/mol. The van der Waals surface area contributed by atoms with E-state index in [0.717, 1.165) is 29.8 Å². The van der Waals surface area contributed by atoms with Crippen LogP contribution in [0.3, 0.4) is 0 Å². The zero-order valence-corrected chi connectivity index (χ0v) is 20.4. The minimum absolute atomic E-state index is 0.0491. The minimum atomic E-state index is -0.898. The maximum Gasteiger partial charge on any atom is 0.407 e. The average Bonchev–Trinajstić information content (AvgIpc) is 3.27. The summed E-state index contributed by atoms with van der Waals surface area (Å²) in [5.41, 5.74) is 4.34. The maximum absolute atomic E-state index is 14.4. The topological polar surface area (TPSA) is 132 Å². The number of amides is 2. The van der Waals surface area contributed by atoms with Crippen molar-refractivity contribution in [2.45, 2.75) is 19.3 Å². The molecule has 4 heterocycles. The van der Waals surface area contributed by atoms with Crippen LogP contribution in [0.1, 0.15) is 28.9 Å². The van der Waals surface area contributed by atoms with Crippen LogP contribution >= 0.6 is 0 Å². The SMILES string of the molecule is COc1c(F)cccc1Nc1c(-c2ccncc2NCC2CCCN(C(=O)O)C2)[nH]c2c1C(=O)NCC2. The molecular weight excluding hydrogens is 479 g/mol. The number of benzene rings is 1. The lowest BCUT2D eigenvalue weighted by molar-refractivity contribution is 0.0946. The van der Waals surface area contributed by atoms with Crippen molar-refractivity contribution in [1.82, 2.24) is 20.2 Å². The quantitative estimate of drug-likeness (QED) is 0.325. The van der Waals surface area contributed by atoms with Crippen LogP contribution in [0.5, 0.6) is 5.75 Å². The largest absolute Gasteiger partial charge is 0.492 e. The molecule has 0 saturated carbocycles. The number of rotatable bonds is 7. The van der Waals surface area contributed by atoms with E-state index in [1.165, 1.54) is 18.1 Å². The van der Waals surface area contributed by atoms with Gasteiger partial charge in [0, 0.05) is 50.1 Å². The van der Waals surface area contributed by atoms with Gasteiger partial charge in [-0.3, -0.25) is 9.78 Å². The number of piperidine rings is 1. The molecule has 1 unspecified atom stereocenters. The number of nitrogens with one attached hydrogen (secondary N) is 4. The lowest BCUT2D eigenvalue weighted by Gasteiger charge is -2.31. The van der Waals surface area contributed by atoms with Gasteiger partial charge in [-0.2, -0.15) is 0 Å². The summed E-state index contributed by atoms with van der Waals surface area (Å²) in [6.45, 7) is 2.11. The second kappa shape index (κ2) is 10.4. The molecule has 0 radical (unpaired) electrons. The number of likely N-dealkylation sites (tertiary alicyclic amines) is 1. The third-order valence-corrected chi connectivity index (χ3v) is 6.86. The minimum Gasteiger partial charge on any atom is -0.492 e. The predicted molar refractivity (Wildman–Crippen MR) is 137 cm³/mol. The molecule has 0 aliphatic carbocycles. The summed E-state index contributed by atoms with van der Waals surface area (Å²) < 4.78 is 19.7. The molecule has 10 nitrogen and oxygen atoms in total. The number of halogens is 1. The van der Waals surface area contributed by atoms with E-state index in [-0.39, 0.29) is 17.6 Å². The van der Waals surface area contributed by atoms with E-state index < -0.39 is 11.9 Å². The number of anilines is 3. The van der Waals surface area contributed by atoms with Gasteiger partial charge in [0.2, 0.25) is 0 Å². The van der Waals surface area contributed by atoms with Crippen molar-refractivity contribution >= 4 is 29.1 Å². The number of H-pyrrole nitrogens is 1. The Labute approximate surface area is 213 Å². The molecule has 3 aromatic rings. The fourth-order valence-corrected chi connectivity index (χ4v) is 5.07. The summed E-state index contributed by atoms with van der Waals surface area (Å²) in [4.78, 5) is 33.5. The zero-order valence-electron chi connectivity index (χ0n) is 20.4. The number of aromatic amines is 1. The number of nitrogens with zero attached hydrogens (tertiary/aromatic N) is 2. The lowest BCUT2D eigenvalue weighted by Crippen LogP contribution is -2.41. The van der Waals surface area contributed by atoms with Crippen LogP contribution in [-0.2, 0) is 6.42 Å². The molecule has 11 heteroatoms. The highest BCUT2D eigenvalue weighted by atomic mass is 19.1. The predicted octanol–water partition coefficient (Wildman–Crippen LogP) is 4.06. The van der Waals surface area contributed by atoms with E-state index in [2.05, 4.69) is 25.9 Å². The Morgan fingerprint density at radius 3 is 3.00 bits per heavy atom. The van der Waals surface area contributed by atoms with Crippen LogP contribution in [0.15, 0.2) is 36.7 Å². The molecule has 2 aromatic heterocycles. The van der Waals surface area contributed by atoms with Crippen LogP contribution in [0.25, 0.3) is 11.3 Å². The smallest absolute Gasteiger partial charge is 0.407 e. The Morgan fingerprint density at radius 1 is 1.32 bits per heavy atom. The summed E-state index contributed by atoms with van der Waals surface area (Å²) in [5.74, 6) is -0.527. The fraction of sp³-hybridized carbons (Fsp3) is 0.346. The molecule has 194 valence electrons. The molecule has 1 aromatic carbocycles. The first kappa shape index (κ1) is 24.4. The van der Waals surface area contributed by atoms with Gasteiger partial charge in [0.15, 0.2) is 11.6 Å². The molecule has 1 atom stereocenters.